The molecule has 0 saturated heterocycles. The molecule has 0 aromatic heterocycles. The third-order valence-electron chi connectivity index (χ3n) is 4.53. The molecule has 2 unspecified atom stereocenters. The van der Waals surface area contributed by atoms with Gasteiger partial charge in [0.1, 0.15) is 0 Å². The predicted octanol–water partition coefficient (Wildman–Crippen LogP) is 2.82. The molecule has 0 radical (unpaired) electrons. The minimum atomic E-state index is 0.798. The van der Waals surface area contributed by atoms with E-state index in [1.54, 1.807) is 0 Å². The van der Waals surface area contributed by atoms with Crippen molar-refractivity contribution < 1.29 is 0 Å². The van der Waals surface area contributed by atoms with Gasteiger partial charge >= 0.3 is 0 Å². The van der Waals surface area contributed by atoms with Gasteiger partial charge in [-0.25, -0.2) is 0 Å². The summed E-state index contributed by atoms with van der Waals surface area (Å²) in [5.41, 5.74) is 0. The highest BCUT2D eigenvalue weighted by atomic mass is 15.2. The SMILES string of the molecule is CCCNC1CCCC1CCN(CCC)CCN(C)C. The van der Waals surface area contributed by atoms with E-state index in [-0.39, 0.29) is 0 Å². The van der Waals surface area contributed by atoms with Gasteiger partial charge in [0.05, 0.1) is 0 Å². The highest BCUT2D eigenvalue weighted by Crippen LogP contribution is 2.28. The van der Waals surface area contributed by atoms with Crippen molar-refractivity contribution in [1.82, 2.24) is 15.1 Å². The van der Waals surface area contributed by atoms with Crippen LogP contribution in [0.1, 0.15) is 52.4 Å². The normalized spacial score (nSPS) is 23.1. The van der Waals surface area contributed by atoms with Gasteiger partial charge in [-0.1, -0.05) is 20.3 Å². The van der Waals surface area contributed by atoms with Crippen LogP contribution >= 0.6 is 0 Å². The van der Waals surface area contributed by atoms with Gasteiger partial charge in [0.15, 0.2) is 0 Å². The number of hydrogen-bond acceptors (Lipinski definition) is 3. The van der Waals surface area contributed by atoms with E-state index in [0.29, 0.717) is 0 Å². The van der Waals surface area contributed by atoms with Crippen molar-refractivity contribution in [2.45, 2.75) is 58.4 Å². The molecule has 1 fully saturated rings. The van der Waals surface area contributed by atoms with Gasteiger partial charge in [-0.2, -0.15) is 0 Å². The first-order valence-corrected chi connectivity index (χ1v) is 8.77. The number of nitrogens with zero attached hydrogens (tertiary/aromatic N) is 2. The molecule has 3 nitrogen and oxygen atoms in total. The minimum Gasteiger partial charge on any atom is -0.314 e. The summed E-state index contributed by atoms with van der Waals surface area (Å²) in [6.45, 7) is 10.7. The summed E-state index contributed by atoms with van der Waals surface area (Å²) in [7, 11) is 4.34. The average Bonchev–Trinajstić information content (AvgIpc) is 2.87. The van der Waals surface area contributed by atoms with E-state index >= 15 is 0 Å². The molecule has 2 atom stereocenters. The highest BCUT2D eigenvalue weighted by Gasteiger charge is 2.26. The van der Waals surface area contributed by atoms with E-state index in [9.17, 15) is 0 Å². The maximum absolute atomic E-state index is 3.76. The molecule has 3 heteroatoms. The molecule has 0 spiro atoms. The second-order valence-electron chi connectivity index (χ2n) is 6.69. The van der Waals surface area contributed by atoms with Crippen LogP contribution in [0.5, 0.6) is 0 Å². The number of nitrogens with one attached hydrogen (secondary N) is 1. The van der Waals surface area contributed by atoms with Gasteiger partial charge in [0.25, 0.3) is 0 Å². The van der Waals surface area contributed by atoms with Crippen molar-refractivity contribution in [2.75, 3.05) is 46.8 Å². The molecule has 1 N–H and O–H groups in total. The van der Waals surface area contributed by atoms with Crippen LogP contribution < -0.4 is 5.32 Å². The second kappa shape index (κ2) is 10.6. The molecular weight excluding hydrogens is 246 g/mol. The van der Waals surface area contributed by atoms with Crippen LogP contribution in [-0.4, -0.2) is 62.7 Å². The average molecular weight is 284 g/mol. The van der Waals surface area contributed by atoms with Gasteiger partial charge in [0, 0.05) is 19.1 Å². The standard InChI is InChI=1S/C17H37N3/c1-5-11-18-17-9-7-8-16(17)10-13-20(12-6-2)15-14-19(3)4/h16-18H,5-15H2,1-4H3. The quantitative estimate of drug-likeness (QED) is 0.629. The number of hydrogen-bond donors (Lipinski definition) is 1. The minimum absolute atomic E-state index is 0.798. The van der Waals surface area contributed by atoms with Crippen molar-refractivity contribution >= 4 is 0 Å². The summed E-state index contributed by atoms with van der Waals surface area (Å²) in [4.78, 5) is 4.96. The summed E-state index contributed by atoms with van der Waals surface area (Å²) < 4.78 is 0. The molecule has 0 heterocycles. The fraction of sp³-hybridized carbons (Fsp3) is 1.00. The van der Waals surface area contributed by atoms with E-state index in [2.05, 4.69) is 43.1 Å². The van der Waals surface area contributed by atoms with E-state index in [1.165, 1.54) is 71.2 Å². The first-order chi connectivity index (χ1) is 9.67. The fourth-order valence-corrected chi connectivity index (χ4v) is 3.32. The molecule has 0 aromatic carbocycles. The van der Waals surface area contributed by atoms with E-state index in [1.807, 2.05) is 0 Å². The zero-order valence-electron chi connectivity index (χ0n) is 14.3. The summed E-state index contributed by atoms with van der Waals surface area (Å²) in [6, 6.07) is 0.798. The van der Waals surface area contributed by atoms with Gasteiger partial charge in [-0.15, -0.1) is 0 Å². The lowest BCUT2D eigenvalue weighted by molar-refractivity contribution is 0.218. The van der Waals surface area contributed by atoms with Gasteiger partial charge < -0.3 is 15.1 Å². The molecule has 0 aliphatic heterocycles. The van der Waals surface area contributed by atoms with Crippen LogP contribution in [0.25, 0.3) is 0 Å². The van der Waals surface area contributed by atoms with E-state index in [0.717, 1.165) is 12.0 Å². The second-order valence-corrected chi connectivity index (χ2v) is 6.69. The first kappa shape index (κ1) is 17.9. The molecular formula is C17H37N3. The molecule has 1 rings (SSSR count). The molecule has 0 aromatic rings. The monoisotopic (exact) mass is 283 g/mol. The summed E-state index contributed by atoms with van der Waals surface area (Å²) in [6.07, 6.45) is 8.18. The zero-order valence-corrected chi connectivity index (χ0v) is 14.3. The van der Waals surface area contributed by atoms with Gasteiger partial charge in [-0.3, -0.25) is 0 Å². The summed E-state index contributed by atoms with van der Waals surface area (Å²) >= 11 is 0. The van der Waals surface area contributed by atoms with Crippen LogP contribution in [0, 0.1) is 5.92 Å². The molecule has 1 saturated carbocycles. The molecule has 120 valence electrons. The van der Waals surface area contributed by atoms with Gasteiger partial charge in [-0.05, 0) is 71.8 Å². The van der Waals surface area contributed by atoms with Crippen molar-refractivity contribution in [3.63, 3.8) is 0 Å². The lowest BCUT2D eigenvalue weighted by Crippen LogP contribution is -2.37. The maximum Gasteiger partial charge on any atom is 0.0109 e. The third-order valence-corrected chi connectivity index (χ3v) is 4.53. The Morgan fingerprint density at radius 3 is 2.40 bits per heavy atom. The molecule has 1 aliphatic carbocycles. The fourth-order valence-electron chi connectivity index (χ4n) is 3.32. The smallest absolute Gasteiger partial charge is 0.0109 e. The number of rotatable bonds is 11. The molecule has 20 heavy (non-hydrogen) atoms. The van der Waals surface area contributed by atoms with Crippen molar-refractivity contribution in [3.8, 4) is 0 Å². The topological polar surface area (TPSA) is 18.5 Å². The Labute approximate surface area is 127 Å². The third kappa shape index (κ3) is 7.05. The molecule has 1 aliphatic rings. The lowest BCUT2D eigenvalue weighted by atomic mass is 9.99. The van der Waals surface area contributed by atoms with Crippen LogP contribution in [0.4, 0.5) is 0 Å². The van der Waals surface area contributed by atoms with Crippen LogP contribution in [0.2, 0.25) is 0 Å². The van der Waals surface area contributed by atoms with Gasteiger partial charge in [0.2, 0.25) is 0 Å². The Hall–Kier alpha value is -0.120. The lowest BCUT2D eigenvalue weighted by Gasteiger charge is -2.27. The van der Waals surface area contributed by atoms with Crippen molar-refractivity contribution in [1.29, 1.82) is 0 Å². The summed E-state index contributed by atoms with van der Waals surface area (Å²) in [5, 5.41) is 3.76. The Bertz CT molecular complexity index is 230. The van der Waals surface area contributed by atoms with Crippen molar-refractivity contribution in [3.05, 3.63) is 0 Å². The predicted molar refractivity (Wildman–Crippen MR) is 89.3 cm³/mol. The Balaban J connectivity index is 2.29. The van der Waals surface area contributed by atoms with Crippen LogP contribution in [0.15, 0.2) is 0 Å². The first-order valence-electron chi connectivity index (χ1n) is 8.77. The molecule has 0 amide bonds. The Kier molecular flexibility index (Phi) is 9.49. The van der Waals surface area contributed by atoms with Crippen LogP contribution in [0.3, 0.4) is 0 Å². The Morgan fingerprint density at radius 1 is 0.950 bits per heavy atom. The largest absolute Gasteiger partial charge is 0.314 e. The maximum atomic E-state index is 3.76. The number of likely N-dealkylation sites (N-methyl/N-ethyl adjacent to an activating group) is 1. The van der Waals surface area contributed by atoms with E-state index < -0.39 is 0 Å². The molecule has 0 bridgehead atoms. The highest BCUT2D eigenvalue weighted by molar-refractivity contribution is 4.83. The van der Waals surface area contributed by atoms with Crippen LogP contribution in [-0.2, 0) is 0 Å². The van der Waals surface area contributed by atoms with Crippen molar-refractivity contribution in [2.24, 2.45) is 5.92 Å². The van der Waals surface area contributed by atoms with E-state index in [4.69, 9.17) is 0 Å². The summed E-state index contributed by atoms with van der Waals surface area (Å²) in [5.74, 6) is 0.917. The Morgan fingerprint density at radius 2 is 1.75 bits per heavy atom. The zero-order chi connectivity index (χ0) is 14.8.